The second-order valence-corrected chi connectivity index (χ2v) is 7.26. The number of nitrogens with one attached hydrogen (secondary N) is 1. The van der Waals surface area contributed by atoms with E-state index in [1.54, 1.807) is 11.1 Å². The Balaban J connectivity index is 0.00000240. The number of carbonyl (C=O) groups is 2. The van der Waals surface area contributed by atoms with Gasteiger partial charge >= 0.3 is 6.03 Å². The number of halogens is 1. The van der Waals surface area contributed by atoms with E-state index in [0.29, 0.717) is 13.2 Å². The van der Waals surface area contributed by atoms with Gasteiger partial charge in [0, 0.05) is 31.2 Å². The lowest BCUT2D eigenvalue weighted by molar-refractivity contribution is -0.128. The lowest BCUT2D eigenvalue weighted by Crippen LogP contribution is -2.34. The average Bonchev–Trinajstić information content (AvgIpc) is 3.29. The molecule has 1 N–H and O–H groups in total. The van der Waals surface area contributed by atoms with Crippen LogP contribution < -0.4 is 10.1 Å². The first-order valence-corrected chi connectivity index (χ1v) is 10.0. The minimum absolute atomic E-state index is 0. The highest BCUT2D eigenvalue weighted by atomic mass is 35.5. The number of rotatable bonds is 9. The summed E-state index contributed by atoms with van der Waals surface area (Å²) in [5.41, 5.74) is 0.880. The molecule has 8 heteroatoms. The highest BCUT2D eigenvalue weighted by molar-refractivity contribution is 6.04. The van der Waals surface area contributed by atoms with Crippen LogP contribution in [0.25, 0.3) is 10.9 Å². The Morgan fingerprint density at radius 1 is 1.14 bits per heavy atom. The standard InChI is InChI=1S/C21H26N4O3.ClH/c26-20-17-8-5-14-24(17)21(27)25(20)13-2-1-10-22-12-15-28-18-9-3-6-16-7-4-11-23-19(16)18;/h3-4,6-7,9,11,17,22H,1-2,5,8,10,12-15H2;1H. The van der Waals surface area contributed by atoms with E-state index in [1.165, 1.54) is 4.90 Å². The molecule has 1 aromatic carbocycles. The number of hydrogen-bond donors (Lipinski definition) is 1. The number of nitrogens with zero attached hydrogens (tertiary/aromatic N) is 3. The van der Waals surface area contributed by atoms with Crippen molar-refractivity contribution >= 4 is 35.2 Å². The molecule has 29 heavy (non-hydrogen) atoms. The number of benzene rings is 1. The van der Waals surface area contributed by atoms with Gasteiger partial charge in [0.25, 0.3) is 5.91 Å². The molecule has 3 amide bonds. The van der Waals surface area contributed by atoms with E-state index in [0.717, 1.165) is 62.0 Å². The zero-order valence-electron chi connectivity index (χ0n) is 16.4. The van der Waals surface area contributed by atoms with Crippen molar-refractivity contribution in [2.45, 2.75) is 31.7 Å². The van der Waals surface area contributed by atoms with Crippen molar-refractivity contribution in [1.29, 1.82) is 0 Å². The molecule has 2 saturated heterocycles. The summed E-state index contributed by atoms with van der Waals surface area (Å²) in [6.45, 7) is 3.38. The molecule has 2 aliphatic rings. The molecule has 1 aromatic heterocycles. The van der Waals surface area contributed by atoms with Crippen LogP contribution in [0.2, 0.25) is 0 Å². The lowest BCUT2D eigenvalue weighted by Gasteiger charge is -2.15. The fourth-order valence-electron chi connectivity index (χ4n) is 3.96. The monoisotopic (exact) mass is 418 g/mol. The Bertz CT molecular complexity index is 835. The largest absolute Gasteiger partial charge is 0.490 e. The maximum atomic E-state index is 12.3. The first kappa shape index (κ1) is 21.3. The van der Waals surface area contributed by atoms with E-state index in [-0.39, 0.29) is 30.4 Å². The van der Waals surface area contributed by atoms with Gasteiger partial charge in [-0.25, -0.2) is 4.79 Å². The number of fused-ring (bicyclic) bond motifs is 2. The molecule has 156 valence electrons. The number of para-hydroxylation sites is 1. The molecule has 0 radical (unpaired) electrons. The Hall–Kier alpha value is -2.38. The van der Waals surface area contributed by atoms with Gasteiger partial charge in [0.15, 0.2) is 0 Å². The zero-order valence-corrected chi connectivity index (χ0v) is 17.2. The van der Waals surface area contributed by atoms with E-state index in [2.05, 4.69) is 10.3 Å². The molecule has 2 aliphatic heterocycles. The second kappa shape index (κ2) is 9.89. The Labute approximate surface area is 176 Å². The zero-order chi connectivity index (χ0) is 19.3. The van der Waals surface area contributed by atoms with Crippen LogP contribution in [0.15, 0.2) is 36.5 Å². The summed E-state index contributed by atoms with van der Waals surface area (Å²) in [5.74, 6) is 0.791. The molecule has 7 nitrogen and oxygen atoms in total. The van der Waals surface area contributed by atoms with Crippen molar-refractivity contribution in [3.8, 4) is 5.75 Å². The minimum Gasteiger partial charge on any atom is -0.490 e. The number of imide groups is 1. The third kappa shape index (κ3) is 4.62. The van der Waals surface area contributed by atoms with Crippen LogP contribution in [0.4, 0.5) is 4.79 Å². The van der Waals surface area contributed by atoms with E-state index in [1.807, 2.05) is 30.3 Å². The number of unbranched alkanes of at least 4 members (excludes halogenated alkanes) is 1. The van der Waals surface area contributed by atoms with Gasteiger partial charge in [0.1, 0.15) is 23.9 Å². The average molecular weight is 419 g/mol. The third-order valence-electron chi connectivity index (χ3n) is 5.40. The summed E-state index contributed by atoms with van der Waals surface area (Å²) < 4.78 is 5.85. The Kier molecular flexibility index (Phi) is 7.28. The highest BCUT2D eigenvalue weighted by Gasteiger charge is 2.46. The molecule has 2 aromatic rings. The van der Waals surface area contributed by atoms with Crippen LogP contribution in [-0.2, 0) is 4.79 Å². The fraction of sp³-hybridized carbons (Fsp3) is 0.476. The summed E-state index contributed by atoms with van der Waals surface area (Å²) in [7, 11) is 0. The number of ether oxygens (including phenoxy) is 1. The molecule has 1 unspecified atom stereocenters. The van der Waals surface area contributed by atoms with Crippen LogP contribution >= 0.6 is 12.4 Å². The molecule has 4 rings (SSSR count). The molecule has 3 heterocycles. The number of carbonyl (C=O) groups excluding carboxylic acids is 2. The van der Waals surface area contributed by atoms with Gasteiger partial charge < -0.3 is 15.0 Å². The van der Waals surface area contributed by atoms with Gasteiger partial charge in [0.05, 0.1) is 0 Å². The Morgan fingerprint density at radius 2 is 2.00 bits per heavy atom. The molecular weight excluding hydrogens is 392 g/mol. The number of amides is 3. The van der Waals surface area contributed by atoms with Crippen LogP contribution in [0.5, 0.6) is 5.75 Å². The predicted octanol–water partition coefficient (Wildman–Crippen LogP) is 2.83. The van der Waals surface area contributed by atoms with Crippen LogP contribution in [0.3, 0.4) is 0 Å². The molecule has 0 saturated carbocycles. The first-order chi connectivity index (χ1) is 13.8. The topological polar surface area (TPSA) is 74.8 Å². The molecule has 0 spiro atoms. The van der Waals surface area contributed by atoms with E-state index in [9.17, 15) is 9.59 Å². The maximum Gasteiger partial charge on any atom is 0.327 e. The summed E-state index contributed by atoms with van der Waals surface area (Å²) in [4.78, 5) is 32.0. The molecule has 1 atom stereocenters. The van der Waals surface area contributed by atoms with Gasteiger partial charge in [-0.3, -0.25) is 14.7 Å². The summed E-state index contributed by atoms with van der Waals surface area (Å²) in [6.07, 6.45) is 5.26. The first-order valence-electron chi connectivity index (χ1n) is 10.0. The number of pyridine rings is 1. The van der Waals surface area contributed by atoms with Gasteiger partial charge in [-0.1, -0.05) is 18.2 Å². The van der Waals surface area contributed by atoms with E-state index < -0.39 is 0 Å². The molecule has 0 aliphatic carbocycles. The Morgan fingerprint density at radius 3 is 2.86 bits per heavy atom. The van der Waals surface area contributed by atoms with Gasteiger partial charge in [-0.2, -0.15) is 0 Å². The van der Waals surface area contributed by atoms with E-state index in [4.69, 9.17) is 4.74 Å². The van der Waals surface area contributed by atoms with Crippen molar-refractivity contribution < 1.29 is 14.3 Å². The van der Waals surface area contributed by atoms with E-state index >= 15 is 0 Å². The maximum absolute atomic E-state index is 12.3. The minimum atomic E-state index is -0.189. The lowest BCUT2D eigenvalue weighted by atomic mass is 10.2. The number of urea groups is 1. The molecular formula is C21H27ClN4O3. The summed E-state index contributed by atoms with van der Waals surface area (Å²) >= 11 is 0. The highest BCUT2D eigenvalue weighted by Crippen LogP contribution is 2.27. The molecule has 2 fully saturated rings. The summed E-state index contributed by atoms with van der Waals surface area (Å²) in [5, 5.41) is 4.42. The fourth-order valence-corrected chi connectivity index (χ4v) is 3.96. The van der Waals surface area contributed by atoms with Crippen molar-refractivity contribution in [3.05, 3.63) is 36.5 Å². The van der Waals surface area contributed by atoms with Gasteiger partial charge in [-0.05, 0) is 44.4 Å². The van der Waals surface area contributed by atoms with Gasteiger partial charge in [0.2, 0.25) is 0 Å². The molecule has 0 bridgehead atoms. The van der Waals surface area contributed by atoms with Gasteiger partial charge in [-0.15, -0.1) is 12.4 Å². The quantitative estimate of drug-likeness (QED) is 0.500. The van der Waals surface area contributed by atoms with Crippen LogP contribution in [0.1, 0.15) is 25.7 Å². The predicted molar refractivity (Wildman–Crippen MR) is 113 cm³/mol. The van der Waals surface area contributed by atoms with Crippen molar-refractivity contribution in [2.75, 3.05) is 32.8 Å². The number of hydrogen-bond acceptors (Lipinski definition) is 5. The SMILES string of the molecule is Cl.O=C1C2CCCN2C(=O)N1CCCCNCCOc1cccc2cccnc12. The van der Waals surface area contributed by atoms with Crippen molar-refractivity contribution in [3.63, 3.8) is 0 Å². The van der Waals surface area contributed by atoms with Crippen molar-refractivity contribution in [2.24, 2.45) is 0 Å². The third-order valence-corrected chi connectivity index (χ3v) is 5.40. The second-order valence-electron chi connectivity index (χ2n) is 7.26. The normalized spacial score (nSPS) is 18.3. The summed E-state index contributed by atoms with van der Waals surface area (Å²) in [6, 6.07) is 9.58. The number of aromatic nitrogens is 1. The van der Waals surface area contributed by atoms with Crippen LogP contribution in [0, 0.1) is 0 Å². The smallest absolute Gasteiger partial charge is 0.327 e. The van der Waals surface area contributed by atoms with Crippen LogP contribution in [-0.4, -0.2) is 65.5 Å². The van der Waals surface area contributed by atoms with Crippen molar-refractivity contribution in [1.82, 2.24) is 20.1 Å².